The third-order valence-electron chi connectivity index (χ3n) is 2.04. The van der Waals surface area contributed by atoms with Gasteiger partial charge in [0.2, 0.25) is 0 Å². The SMILES string of the molecule is COc1ccc(/N=N/c2cnn(C)c2)cc1. The highest BCUT2D eigenvalue weighted by atomic mass is 16.5. The fourth-order valence-electron chi connectivity index (χ4n) is 1.22. The van der Waals surface area contributed by atoms with E-state index in [-0.39, 0.29) is 0 Å². The lowest BCUT2D eigenvalue weighted by Crippen LogP contribution is -1.83. The summed E-state index contributed by atoms with van der Waals surface area (Å²) in [7, 11) is 3.47. The average molecular weight is 216 g/mol. The van der Waals surface area contributed by atoms with Crippen molar-refractivity contribution in [2.45, 2.75) is 0 Å². The summed E-state index contributed by atoms with van der Waals surface area (Å²) >= 11 is 0. The zero-order valence-electron chi connectivity index (χ0n) is 9.16. The molecule has 0 radical (unpaired) electrons. The third kappa shape index (κ3) is 2.44. The van der Waals surface area contributed by atoms with Crippen LogP contribution in [0.3, 0.4) is 0 Å². The Kier molecular flexibility index (Phi) is 2.95. The maximum atomic E-state index is 5.05. The van der Waals surface area contributed by atoms with Gasteiger partial charge in [0.1, 0.15) is 11.4 Å². The van der Waals surface area contributed by atoms with E-state index in [0.29, 0.717) is 0 Å². The topological polar surface area (TPSA) is 51.8 Å². The molecule has 16 heavy (non-hydrogen) atoms. The van der Waals surface area contributed by atoms with Gasteiger partial charge in [-0.15, -0.1) is 5.11 Å². The average Bonchev–Trinajstić information content (AvgIpc) is 2.73. The number of hydrogen-bond acceptors (Lipinski definition) is 4. The Morgan fingerprint density at radius 1 is 1.12 bits per heavy atom. The highest BCUT2D eigenvalue weighted by Gasteiger charge is 1.94. The van der Waals surface area contributed by atoms with E-state index in [9.17, 15) is 0 Å². The van der Waals surface area contributed by atoms with Crippen LogP contribution in [0.5, 0.6) is 5.75 Å². The lowest BCUT2D eigenvalue weighted by molar-refractivity contribution is 0.415. The number of nitrogens with zero attached hydrogens (tertiary/aromatic N) is 4. The minimum atomic E-state index is 0.735. The van der Waals surface area contributed by atoms with Crippen LogP contribution in [-0.2, 0) is 7.05 Å². The van der Waals surface area contributed by atoms with Crippen LogP contribution < -0.4 is 4.74 Å². The molecule has 0 aliphatic carbocycles. The van der Waals surface area contributed by atoms with Gasteiger partial charge in [0, 0.05) is 7.05 Å². The first-order chi connectivity index (χ1) is 7.78. The summed E-state index contributed by atoms with van der Waals surface area (Å²) in [5, 5.41) is 12.1. The van der Waals surface area contributed by atoms with Gasteiger partial charge < -0.3 is 4.74 Å². The molecule has 0 bridgehead atoms. The quantitative estimate of drug-likeness (QED) is 0.741. The smallest absolute Gasteiger partial charge is 0.124 e. The molecule has 82 valence electrons. The normalized spacial score (nSPS) is 10.9. The van der Waals surface area contributed by atoms with Crippen LogP contribution in [0, 0.1) is 0 Å². The minimum absolute atomic E-state index is 0.735. The minimum Gasteiger partial charge on any atom is -0.497 e. The Balaban J connectivity index is 2.11. The van der Waals surface area contributed by atoms with E-state index in [4.69, 9.17) is 4.74 Å². The molecule has 0 saturated carbocycles. The number of rotatable bonds is 3. The molecule has 0 aliphatic heterocycles. The molecule has 1 aromatic heterocycles. The Labute approximate surface area is 93.4 Å². The molecule has 0 unspecified atom stereocenters. The third-order valence-corrected chi connectivity index (χ3v) is 2.04. The van der Waals surface area contributed by atoms with Gasteiger partial charge in [-0.25, -0.2) is 0 Å². The largest absolute Gasteiger partial charge is 0.497 e. The summed E-state index contributed by atoms with van der Waals surface area (Å²) in [4.78, 5) is 0. The summed E-state index contributed by atoms with van der Waals surface area (Å²) in [6.45, 7) is 0. The standard InChI is InChI=1S/C11H12N4O/c1-15-8-10(7-12-15)14-13-9-3-5-11(16-2)6-4-9/h3-8H,1-2H3/b14-13+. The van der Waals surface area contributed by atoms with Gasteiger partial charge in [-0.2, -0.15) is 10.2 Å². The molecular formula is C11H12N4O. The highest BCUT2D eigenvalue weighted by Crippen LogP contribution is 2.20. The van der Waals surface area contributed by atoms with Crippen molar-refractivity contribution in [3.05, 3.63) is 36.7 Å². The van der Waals surface area contributed by atoms with Gasteiger partial charge in [-0.1, -0.05) is 0 Å². The Hall–Kier alpha value is -2.17. The van der Waals surface area contributed by atoms with Crippen LogP contribution >= 0.6 is 0 Å². The summed E-state index contributed by atoms with van der Waals surface area (Å²) in [6.07, 6.45) is 3.46. The molecule has 0 fully saturated rings. The summed E-state index contributed by atoms with van der Waals surface area (Å²) < 4.78 is 6.73. The first-order valence-corrected chi connectivity index (χ1v) is 4.82. The molecule has 1 heterocycles. The predicted octanol–water partition coefficient (Wildman–Crippen LogP) is 2.84. The Bertz CT molecular complexity index is 487. The molecule has 0 saturated heterocycles. The van der Waals surface area contributed by atoms with Gasteiger partial charge in [0.25, 0.3) is 0 Å². The molecule has 5 heteroatoms. The number of aryl methyl sites for hydroxylation is 1. The van der Waals surface area contributed by atoms with Gasteiger partial charge in [-0.05, 0) is 24.3 Å². The van der Waals surface area contributed by atoms with Gasteiger partial charge in [0.05, 0.1) is 25.2 Å². The second-order valence-corrected chi connectivity index (χ2v) is 3.27. The lowest BCUT2D eigenvalue weighted by Gasteiger charge is -1.97. The van der Waals surface area contributed by atoms with Crippen molar-refractivity contribution >= 4 is 11.4 Å². The number of methoxy groups -OCH3 is 1. The number of benzene rings is 1. The van der Waals surface area contributed by atoms with Crippen molar-refractivity contribution in [2.75, 3.05) is 7.11 Å². The Morgan fingerprint density at radius 2 is 1.81 bits per heavy atom. The van der Waals surface area contributed by atoms with Gasteiger partial charge in [0.15, 0.2) is 0 Å². The zero-order valence-corrected chi connectivity index (χ0v) is 9.16. The maximum absolute atomic E-state index is 5.05. The fourth-order valence-corrected chi connectivity index (χ4v) is 1.22. The van der Waals surface area contributed by atoms with Crippen molar-refractivity contribution in [1.29, 1.82) is 0 Å². The van der Waals surface area contributed by atoms with Crippen LogP contribution in [-0.4, -0.2) is 16.9 Å². The summed E-state index contributed by atoms with van der Waals surface area (Å²) in [6, 6.07) is 7.38. The van der Waals surface area contributed by atoms with E-state index in [1.807, 2.05) is 31.3 Å². The van der Waals surface area contributed by atoms with Crippen molar-refractivity contribution in [2.24, 2.45) is 17.3 Å². The molecular weight excluding hydrogens is 204 g/mol. The van der Waals surface area contributed by atoms with Crippen LogP contribution in [0.25, 0.3) is 0 Å². The van der Waals surface area contributed by atoms with Crippen molar-refractivity contribution in [1.82, 2.24) is 9.78 Å². The number of ether oxygens (including phenoxy) is 1. The second kappa shape index (κ2) is 4.57. The first kappa shape index (κ1) is 10.4. The zero-order chi connectivity index (χ0) is 11.4. The molecule has 1 aromatic carbocycles. The van der Waals surface area contributed by atoms with Crippen LogP contribution in [0.4, 0.5) is 11.4 Å². The van der Waals surface area contributed by atoms with Crippen LogP contribution in [0.2, 0.25) is 0 Å². The van der Waals surface area contributed by atoms with Gasteiger partial charge >= 0.3 is 0 Å². The van der Waals surface area contributed by atoms with E-state index >= 15 is 0 Å². The van der Waals surface area contributed by atoms with Crippen molar-refractivity contribution < 1.29 is 4.74 Å². The Morgan fingerprint density at radius 3 is 2.38 bits per heavy atom. The summed E-state index contributed by atoms with van der Waals surface area (Å²) in [5.74, 6) is 0.806. The van der Waals surface area contributed by atoms with Crippen LogP contribution in [0.1, 0.15) is 0 Å². The van der Waals surface area contributed by atoms with E-state index in [2.05, 4.69) is 15.3 Å². The molecule has 0 amide bonds. The predicted molar refractivity (Wildman–Crippen MR) is 60.4 cm³/mol. The van der Waals surface area contributed by atoms with Crippen molar-refractivity contribution in [3.8, 4) is 5.75 Å². The highest BCUT2D eigenvalue weighted by molar-refractivity contribution is 5.41. The molecule has 2 aromatic rings. The molecule has 0 atom stereocenters. The first-order valence-electron chi connectivity index (χ1n) is 4.82. The van der Waals surface area contributed by atoms with Crippen molar-refractivity contribution in [3.63, 3.8) is 0 Å². The van der Waals surface area contributed by atoms with E-state index < -0.39 is 0 Å². The van der Waals surface area contributed by atoms with E-state index in [1.54, 1.807) is 24.2 Å². The molecule has 5 nitrogen and oxygen atoms in total. The molecule has 2 rings (SSSR count). The number of azo groups is 1. The number of hydrogen-bond donors (Lipinski definition) is 0. The lowest BCUT2D eigenvalue weighted by atomic mass is 10.3. The van der Waals surface area contributed by atoms with E-state index in [1.165, 1.54) is 0 Å². The molecule has 0 N–H and O–H groups in total. The van der Waals surface area contributed by atoms with Crippen LogP contribution in [0.15, 0.2) is 46.9 Å². The fraction of sp³-hybridized carbons (Fsp3) is 0.182. The number of aromatic nitrogens is 2. The maximum Gasteiger partial charge on any atom is 0.124 e. The van der Waals surface area contributed by atoms with E-state index in [0.717, 1.165) is 17.1 Å². The monoisotopic (exact) mass is 216 g/mol. The van der Waals surface area contributed by atoms with Gasteiger partial charge in [-0.3, -0.25) is 4.68 Å². The summed E-state index contributed by atoms with van der Waals surface area (Å²) in [5.41, 5.74) is 1.52. The molecule has 0 spiro atoms. The molecule has 0 aliphatic rings. The second-order valence-electron chi connectivity index (χ2n) is 3.27.